The number of rotatable bonds is 7. The van der Waals surface area contributed by atoms with E-state index in [-0.39, 0.29) is 23.5 Å². The van der Waals surface area contributed by atoms with Crippen LogP contribution in [0.3, 0.4) is 0 Å². The molecule has 0 saturated carbocycles. The second-order valence-corrected chi connectivity index (χ2v) is 9.09. The van der Waals surface area contributed by atoms with Crippen molar-refractivity contribution in [2.45, 2.75) is 29.3 Å². The maximum absolute atomic E-state index is 13.3. The van der Waals surface area contributed by atoms with Gasteiger partial charge in [0.1, 0.15) is 5.82 Å². The highest BCUT2D eigenvalue weighted by Gasteiger charge is 2.35. The topological polar surface area (TPSA) is 96.5 Å². The number of nitrogens with zero attached hydrogens (tertiary/aromatic N) is 2. The fraction of sp³-hybridized carbons (Fsp3) is 0.353. The van der Waals surface area contributed by atoms with Crippen LogP contribution in [0.2, 0.25) is 0 Å². The van der Waals surface area contributed by atoms with Crippen LogP contribution in [0.25, 0.3) is 0 Å². The lowest BCUT2D eigenvalue weighted by molar-refractivity contribution is -0.128. The van der Waals surface area contributed by atoms with Crippen molar-refractivity contribution < 1.29 is 19.1 Å². The number of benzene rings is 1. The van der Waals surface area contributed by atoms with Crippen molar-refractivity contribution in [2.75, 3.05) is 12.3 Å². The number of aromatic carboxylic acids is 1. The molecule has 2 atom stereocenters. The van der Waals surface area contributed by atoms with Crippen LogP contribution >= 0.6 is 39.0 Å². The third kappa shape index (κ3) is 4.68. The van der Waals surface area contributed by atoms with E-state index in [9.17, 15) is 14.0 Å². The van der Waals surface area contributed by atoms with Gasteiger partial charge in [0.15, 0.2) is 10.0 Å². The number of halogens is 2. The number of carboxylic acid groups (broad SMARTS) is 1. The summed E-state index contributed by atoms with van der Waals surface area (Å²) in [6, 6.07) is 3.79. The molecule has 6 nitrogen and oxygen atoms in total. The van der Waals surface area contributed by atoms with Crippen LogP contribution in [0.4, 0.5) is 4.39 Å². The van der Waals surface area contributed by atoms with Gasteiger partial charge in [-0.05, 0) is 24.1 Å². The molecule has 1 unspecified atom stereocenters. The summed E-state index contributed by atoms with van der Waals surface area (Å²) in [6.45, 7) is 0.489. The number of hydrogen-bond acceptors (Lipinski definition) is 6. The average molecular weight is 474 g/mol. The SMILES string of the molecule is NC(c1ccc(F)cc1Br)[C@H]1CCC(=O)N1CCSc1nc(C(=O)O)cs1. The van der Waals surface area contributed by atoms with Gasteiger partial charge in [0, 0.05) is 28.6 Å². The van der Waals surface area contributed by atoms with Gasteiger partial charge >= 0.3 is 5.97 Å². The summed E-state index contributed by atoms with van der Waals surface area (Å²) in [5, 5.41) is 10.4. The van der Waals surface area contributed by atoms with Gasteiger partial charge in [-0.3, -0.25) is 4.79 Å². The summed E-state index contributed by atoms with van der Waals surface area (Å²) in [5.74, 6) is -0.771. The molecule has 144 valence electrons. The number of carbonyl (C=O) groups excluding carboxylic acids is 1. The smallest absolute Gasteiger partial charge is 0.355 e. The number of carboxylic acids is 1. The first kappa shape index (κ1) is 20.2. The highest BCUT2D eigenvalue weighted by Crippen LogP contribution is 2.33. The van der Waals surface area contributed by atoms with Crippen molar-refractivity contribution >= 4 is 50.9 Å². The first-order chi connectivity index (χ1) is 12.9. The summed E-state index contributed by atoms with van der Waals surface area (Å²) in [5.41, 5.74) is 7.19. The van der Waals surface area contributed by atoms with Gasteiger partial charge in [-0.1, -0.05) is 33.8 Å². The lowest BCUT2D eigenvalue weighted by Crippen LogP contribution is -2.41. The molecule has 1 aromatic heterocycles. The predicted molar refractivity (Wildman–Crippen MR) is 106 cm³/mol. The van der Waals surface area contributed by atoms with Crippen LogP contribution in [0.1, 0.15) is 34.9 Å². The zero-order valence-electron chi connectivity index (χ0n) is 14.1. The molecule has 2 heterocycles. The van der Waals surface area contributed by atoms with E-state index in [1.807, 2.05) is 0 Å². The van der Waals surface area contributed by atoms with Crippen LogP contribution in [-0.2, 0) is 4.79 Å². The molecule has 0 radical (unpaired) electrons. The van der Waals surface area contributed by atoms with E-state index in [1.54, 1.807) is 11.0 Å². The minimum atomic E-state index is -1.05. The number of nitrogens with two attached hydrogens (primary N) is 1. The average Bonchev–Trinajstić information content (AvgIpc) is 3.22. The zero-order valence-corrected chi connectivity index (χ0v) is 17.3. The van der Waals surface area contributed by atoms with E-state index in [4.69, 9.17) is 10.8 Å². The van der Waals surface area contributed by atoms with E-state index < -0.39 is 12.0 Å². The highest BCUT2D eigenvalue weighted by molar-refractivity contribution is 9.10. The maximum atomic E-state index is 13.3. The van der Waals surface area contributed by atoms with Gasteiger partial charge in [0.2, 0.25) is 5.91 Å². The molecule has 1 amide bonds. The van der Waals surface area contributed by atoms with E-state index in [2.05, 4.69) is 20.9 Å². The van der Waals surface area contributed by atoms with Gasteiger partial charge < -0.3 is 15.7 Å². The molecule has 10 heteroatoms. The minimum Gasteiger partial charge on any atom is -0.476 e. The molecule has 1 aliphatic rings. The Bertz CT molecular complexity index is 864. The van der Waals surface area contributed by atoms with Crippen molar-refractivity contribution in [1.29, 1.82) is 0 Å². The number of hydrogen-bond donors (Lipinski definition) is 2. The number of thioether (sulfide) groups is 1. The lowest BCUT2D eigenvalue weighted by Gasteiger charge is -2.30. The number of thiazole rings is 1. The van der Waals surface area contributed by atoms with Gasteiger partial charge in [-0.25, -0.2) is 14.2 Å². The molecule has 0 spiro atoms. The normalized spacial score (nSPS) is 18.1. The first-order valence-electron chi connectivity index (χ1n) is 8.18. The molecule has 1 fully saturated rings. The number of aromatic nitrogens is 1. The lowest BCUT2D eigenvalue weighted by atomic mass is 9.98. The van der Waals surface area contributed by atoms with Crippen molar-refractivity contribution in [1.82, 2.24) is 9.88 Å². The molecule has 2 aromatic rings. The summed E-state index contributed by atoms with van der Waals surface area (Å²) >= 11 is 6.03. The molecule has 0 bridgehead atoms. The first-order valence-corrected chi connectivity index (χ1v) is 10.8. The highest BCUT2D eigenvalue weighted by atomic mass is 79.9. The Morgan fingerprint density at radius 2 is 2.33 bits per heavy atom. The Morgan fingerprint density at radius 1 is 1.56 bits per heavy atom. The monoisotopic (exact) mass is 473 g/mol. The molecule has 1 saturated heterocycles. The van der Waals surface area contributed by atoms with Gasteiger partial charge in [0.25, 0.3) is 0 Å². The summed E-state index contributed by atoms with van der Waals surface area (Å²) in [4.78, 5) is 29.0. The Balaban J connectivity index is 1.64. The summed E-state index contributed by atoms with van der Waals surface area (Å²) in [6.07, 6.45) is 1.08. The van der Waals surface area contributed by atoms with Gasteiger partial charge in [-0.2, -0.15) is 0 Å². The van der Waals surface area contributed by atoms with Crippen LogP contribution in [-0.4, -0.2) is 45.2 Å². The molecular formula is C17H17BrFN3O3S2. The zero-order chi connectivity index (χ0) is 19.6. The molecule has 1 aliphatic heterocycles. The Hall–Kier alpha value is -1.49. The van der Waals surface area contributed by atoms with Crippen molar-refractivity contribution in [3.8, 4) is 0 Å². The van der Waals surface area contributed by atoms with Crippen LogP contribution in [0, 0.1) is 5.82 Å². The second kappa shape index (κ2) is 8.68. The van der Waals surface area contributed by atoms with E-state index in [1.165, 1.54) is 40.6 Å². The number of amides is 1. The largest absolute Gasteiger partial charge is 0.476 e. The van der Waals surface area contributed by atoms with Gasteiger partial charge in [0.05, 0.1) is 12.1 Å². The van der Waals surface area contributed by atoms with Crippen LogP contribution in [0.15, 0.2) is 32.4 Å². The second-order valence-electron chi connectivity index (χ2n) is 6.04. The number of likely N-dealkylation sites (tertiary alicyclic amines) is 1. The van der Waals surface area contributed by atoms with Crippen molar-refractivity contribution in [3.05, 3.63) is 45.1 Å². The van der Waals surface area contributed by atoms with Crippen LogP contribution < -0.4 is 5.73 Å². The molecule has 3 rings (SSSR count). The number of carbonyl (C=O) groups is 2. The van der Waals surface area contributed by atoms with E-state index >= 15 is 0 Å². The summed E-state index contributed by atoms with van der Waals surface area (Å²) in [7, 11) is 0. The Kier molecular flexibility index (Phi) is 6.51. The van der Waals surface area contributed by atoms with E-state index in [0.29, 0.717) is 34.0 Å². The summed E-state index contributed by atoms with van der Waals surface area (Å²) < 4.78 is 14.6. The fourth-order valence-electron chi connectivity index (χ4n) is 3.05. The fourth-order valence-corrected chi connectivity index (χ4v) is 5.48. The standard InChI is InChI=1S/C17H17BrFN3O3S2/c18-11-7-9(19)1-2-10(11)15(20)13-3-4-14(23)22(13)5-6-26-17-21-12(8-27-17)16(24)25/h1-2,7-8,13,15H,3-6,20H2,(H,24,25)/t13-,15?/m1/s1. The van der Waals surface area contributed by atoms with Gasteiger partial charge in [-0.15, -0.1) is 11.3 Å². The Morgan fingerprint density at radius 3 is 3.00 bits per heavy atom. The third-order valence-electron chi connectivity index (χ3n) is 4.37. The quantitative estimate of drug-likeness (QED) is 0.597. The van der Waals surface area contributed by atoms with Crippen LogP contribution in [0.5, 0.6) is 0 Å². The van der Waals surface area contributed by atoms with Crippen molar-refractivity contribution in [2.24, 2.45) is 5.73 Å². The minimum absolute atomic E-state index is 0.0285. The van der Waals surface area contributed by atoms with Crippen molar-refractivity contribution in [3.63, 3.8) is 0 Å². The Labute approximate surface area is 172 Å². The predicted octanol–water partition coefficient (Wildman–Crippen LogP) is 3.53. The maximum Gasteiger partial charge on any atom is 0.355 e. The third-order valence-corrected chi connectivity index (χ3v) is 7.06. The molecule has 0 aliphatic carbocycles. The van der Waals surface area contributed by atoms with E-state index in [0.717, 1.165) is 5.56 Å². The molecule has 3 N–H and O–H groups in total. The molecular weight excluding hydrogens is 457 g/mol. The molecule has 27 heavy (non-hydrogen) atoms. The molecule has 1 aromatic carbocycles.